The number of aromatic amines is 1. The van der Waals surface area contributed by atoms with Crippen LogP contribution in [-0.4, -0.2) is 59.9 Å². The summed E-state index contributed by atoms with van der Waals surface area (Å²) >= 11 is 0. The van der Waals surface area contributed by atoms with E-state index in [1.54, 1.807) is 6.20 Å². The van der Waals surface area contributed by atoms with Gasteiger partial charge in [0.15, 0.2) is 0 Å². The minimum Gasteiger partial charge on any atom is -0.383 e. The van der Waals surface area contributed by atoms with Gasteiger partial charge in [-0.25, -0.2) is 0 Å². The number of benzene rings is 1. The van der Waals surface area contributed by atoms with Crippen LogP contribution in [0.2, 0.25) is 0 Å². The van der Waals surface area contributed by atoms with E-state index in [9.17, 15) is 17.6 Å². The molecule has 3 heterocycles. The lowest BCUT2D eigenvalue weighted by Crippen LogP contribution is -2.47. The van der Waals surface area contributed by atoms with Gasteiger partial charge in [-0.05, 0) is 56.5 Å². The summed E-state index contributed by atoms with van der Waals surface area (Å²) in [6, 6.07) is 8.74. The highest BCUT2D eigenvalue weighted by Crippen LogP contribution is 2.42. The number of pyridine rings is 1. The van der Waals surface area contributed by atoms with Crippen LogP contribution in [0.3, 0.4) is 0 Å². The zero-order chi connectivity index (χ0) is 24.3. The molecule has 184 valence electrons. The van der Waals surface area contributed by atoms with E-state index in [0.29, 0.717) is 38.2 Å². The van der Waals surface area contributed by atoms with Crippen molar-refractivity contribution in [1.82, 2.24) is 20.2 Å². The number of nitrogens with zero attached hydrogens (tertiary/aromatic N) is 2. The predicted molar refractivity (Wildman–Crippen MR) is 127 cm³/mol. The minimum absolute atomic E-state index is 0.309. The first-order valence-electron chi connectivity index (χ1n) is 11.7. The second-order valence-electron chi connectivity index (χ2n) is 8.89. The maximum Gasteiger partial charge on any atom is 0.401 e. The van der Waals surface area contributed by atoms with Crippen LogP contribution in [0.15, 0.2) is 36.5 Å². The largest absolute Gasteiger partial charge is 0.401 e. The van der Waals surface area contributed by atoms with E-state index < -0.39 is 18.8 Å². The molecule has 2 aromatic heterocycles. The van der Waals surface area contributed by atoms with Gasteiger partial charge >= 0.3 is 6.18 Å². The molecule has 3 aromatic rings. The van der Waals surface area contributed by atoms with Crippen LogP contribution in [0.1, 0.15) is 41.9 Å². The van der Waals surface area contributed by atoms with Crippen molar-refractivity contribution >= 4 is 16.6 Å². The zero-order valence-electron chi connectivity index (χ0n) is 19.5. The van der Waals surface area contributed by atoms with Crippen LogP contribution in [0.25, 0.3) is 10.9 Å². The number of halogens is 4. The van der Waals surface area contributed by atoms with Crippen molar-refractivity contribution in [1.29, 1.82) is 0 Å². The summed E-state index contributed by atoms with van der Waals surface area (Å²) < 4.78 is 53.2. The Morgan fingerprint density at radius 1 is 1.15 bits per heavy atom. The molecule has 0 bridgehead atoms. The van der Waals surface area contributed by atoms with Gasteiger partial charge in [-0.3, -0.25) is 14.3 Å². The molecule has 0 radical (unpaired) electrons. The molecule has 0 fully saturated rings. The zero-order valence-corrected chi connectivity index (χ0v) is 19.5. The SMILES string of the molecule is Cc1c(NCCNCCCF)ccnc1[C@@H]1c2[nH]c3ccccc3c2C[C@@H](C)N1CC(F)(F)F. The molecule has 0 aliphatic carbocycles. The van der Waals surface area contributed by atoms with Crippen LogP contribution in [0.5, 0.6) is 0 Å². The normalized spacial score (nSPS) is 18.9. The molecular formula is C25H31F4N5. The van der Waals surface area contributed by atoms with Crippen molar-refractivity contribution in [3.63, 3.8) is 0 Å². The lowest BCUT2D eigenvalue weighted by molar-refractivity contribution is -0.155. The van der Waals surface area contributed by atoms with E-state index in [2.05, 4.69) is 20.6 Å². The molecule has 4 rings (SSSR count). The van der Waals surface area contributed by atoms with E-state index in [-0.39, 0.29) is 12.7 Å². The molecule has 1 aliphatic rings. The van der Waals surface area contributed by atoms with Crippen molar-refractivity contribution in [2.75, 3.05) is 38.2 Å². The molecule has 0 saturated heterocycles. The standard InChI is InChI=1S/C25H31F4N5/c1-16-14-19-18-6-3-4-7-21(18)33-23(19)24(34(16)15-25(27,28)29)22-17(2)20(8-11-32-22)31-13-12-30-10-5-9-26/h3-4,6-8,11,16,24,30,33H,5,9-10,12-15H2,1-2H3,(H,31,32)/t16-,24-/m1/s1. The highest BCUT2D eigenvalue weighted by Gasteiger charge is 2.43. The Labute approximate surface area is 196 Å². The van der Waals surface area contributed by atoms with E-state index in [1.165, 1.54) is 4.90 Å². The Balaban J connectivity index is 1.70. The van der Waals surface area contributed by atoms with Gasteiger partial charge in [0.2, 0.25) is 0 Å². The van der Waals surface area contributed by atoms with Crippen LogP contribution in [-0.2, 0) is 6.42 Å². The molecule has 34 heavy (non-hydrogen) atoms. The van der Waals surface area contributed by atoms with Gasteiger partial charge in [-0.15, -0.1) is 0 Å². The molecule has 0 spiro atoms. The van der Waals surface area contributed by atoms with Gasteiger partial charge in [0.1, 0.15) is 0 Å². The summed E-state index contributed by atoms with van der Waals surface area (Å²) in [4.78, 5) is 9.51. The summed E-state index contributed by atoms with van der Waals surface area (Å²) in [6.45, 7) is 4.26. The minimum atomic E-state index is -4.33. The van der Waals surface area contributed by atoms with Gasteiger partial charge in [0.25, 0.3) is 0 Å². The van der Waals surface area contributed by atoms with Crippen LogP contribution < -0.4 is 10.6 Å². The number of H-pyrrole nitrogens is 1. The number of hydrogen-bond donors (Lipinski definition) is 3. The molecule has 1 aromatic carbocycles. The third-order valence-electron chi connectivity index (χ3n) is 6.49. The van der Waals surface area contributed by atoms with Crippen LogP contribution in [0.4, 0.5) is 23.2 Å². The Morgan fingerprint density at radius 3 is 2.71 bits per heavy atom. The van der Waals surface area contributed by atoms with Gasteiger partial charge < -0.3 is 15.6 Å². The smallest absolute Gasteiger partial charge is 0.383 e. The summed E-state index contributed by atoms with van der Waals surface area (Å²) in [6.07, 6.45) is -1.67. The quantitative estimate of drug-likeness (QED) is 0.295. The fraction of sp³-hybridized carbons (Fsp3) is 0.480. The highest BCUT2D eigenvalue weighted by atomic mass is 19.4. The lowest BCUT2D eigenvalue weighted by atomic mass is 9.89. The summed E-state index contributed by atoms with van der Waals surface area (Å²) in [5.41, 5.74) is 5.03. The van der Waals surface area contributed by atoms with Crippen molar-refractivity contribution in [3.8, 4) is 0 Å². The summed E-state index contributed by atoms with van der Waals surface area (Å²) in [7, 11) is 0. The van der Waals surface area contributed by atoms with E-state index >= 15 is 0 Å². The van der Waals surface area contributed by atoms with Gasteiger partial charge in [-0.1, -0.05) is 18.2 Å². The Morgan fingerprint density at radius 2 is 1.94 bits per heavy atom. The van der Waals surface area contributed by atoms with Crippen molar-refractivity contribution in [2.45, 2.75) is 44.9 Å². The fourth-order valence-electron chi connectivity index (χ4n) is 4.88. The van der Waals surface area contributed by atoms with E-state index in [0.717, 1.165) is 33.4 Å². The summed E-state index contributed by atoms with van der Waals surface area (Å²) in [5.74, 6) is 0. The predicted octanol–water partition coefficient (Wildman–Crippen LogP) is 5.13. The molecule has 5 nitrogen and oxygen atoms in total. The molecule has 0 unspecified atom stereocenters. The number of fused-ring (bicyclic) bond motifs is 3. The number of anilines is 1. The second kappa shape index (κ2) is 10.3. The Hall–Kier alpha value is -2.65. The summed E-state index contributed by atoms with van der Waals surface area (Å²) in [5, 5.41) is 7.56. The Bertz CT molecular complexity index is 1110. The van der Waals surface area contributed by atoms with Crippen molar-refractivity contribution < 1.29 is 17.6 Å². The number of alkyl halides is 4. The average molecular weight is 478 g/mol. The average Bonchev–Trinajstić information content (AvgIpc) is 3.15. The maximum absolute atomic E-state index is 13.6. The van der Waals surface area contributed by atoms with Crippen molar-refractivity contribution in [2.24, 2.45) is 0 Å². The first kappa shape index (κ1) is 24.5. The lowest BCUT2D eigenvalue weighted by Gasteiger charge is -2.41. The van der Waals surface area contributed by atoms with Crippen molar-refractivity contribution in [3.05, 3.63) is 59.0 Å². The third-order valence-corrected chi connectivity index (χ3v) is 6.49. The molecular weight excluding hydrogens is 446 g/mol. The third kappa shape index (κ3) is 5.20. The van der Waals surface area contributed by atoms with Gasteiger partial charge in [-0.2, -0.15) is 13.2 Å². The molecule has 3 N–H and O–H groups in total. The number of para-hydroxylation sites is 1. The number of hydrogen-bond acceptors (Lipinski definition) is 4. The monoisotopic (exact) mass is 477 g/mol. The molecule has 9 heteroatoms. The van der Waals surface area contributed by atoms with Crippen LogP contribution >= 0.6 is 0 Å². The molecule has 2 atom stereocenters. The number of aromatic nitrogens is 2. The van der Waals surface area contributed by atoms with Gasteiger partial charge in [0, 0.05) is 47.6 Å². The number of nitrogens with one attached hydrogen (secondary N) is 3. The molecule has 1 aliphatic heterocycles. The van der Waals surface area contributed by atoms with Gasteiger partial charge in [0.05, 0.1) is 25.0 Å². The van der Waals surface area contributed by atoms with Crippen LogP contribution in [0, 0.1) is 6.92 Å². The molecule has 0 saturated carbocycles. The maximum atomic E-state index is 13.6. The first-order valence-corrected chi connectivity index (χ1v) is 11.7. The highest BCUT2D eigenvalue weighted by molar-refractivity contribution is 5.85. The van der Waals surface area contributed by atoms with E-state index in [4.69, 9.17) is 0 Å². The number of rotatable bonds is 9. The topological polar surface area (TPSA) is 56.0 Å². The Kier molecular flexibility index (Phi) is 7.42. The molecule has 0 amide bonds. The second-order valence-corrected chi connectivity index (χ2v) is 8.89. The first-order chi connectivity index (χ1) is 16.3. The van der Waals surface area contributed by atoms with E-state index in [1.807, 2.05) is 44.2 Å². The fourth-order valence-corrected chi connectivity index (χ4v) is 4.88.